The molecule has 1 fully saturated rings. The summed E-state index contributed by atoms with van der Waals surface area (Å²) in [6, 6.07) is 1.67. The molecule has 28 heavy (non-hydrogen) atoms. The second kappa shape index (κ2) is 7.68. The maximum Gasteiger partial charge on any atom is 0.223 e. The summed E-state index contributed by atoms with van der Waals surface area (Å²) in [6.45, 7) is 5.53. The van der Waals surface area contributed by atoms with Crippen LogP contribution in [0.15, 0.2) is 22.9 Å². The molecule has 0 aliphatic heterocycles. The molecule has 0 bridgehead atoms. The summed E-state index contributed by atoms with van der Waals surface area (Å²) in [5.41, 5.74) is 0.645. The van der Waals surface area contributed by atoms with E-state index in [1.54, 1.807) is 18.5 Å². The van der Waals surface area contributed by atoms with Gasteiger partial charge in [0.1, 0.15) is 22.2 Å². The third-order valence-electron chi connectivity index (χ3n) is 4.48. The summed E-state index contributed by atoms with van der Waals surface area (Å²) >= 11 is 6.05. The van der Waals surface area contributed by atoms with Gasteiger partial charge in [-0.2, -0.15) is 4.40 Å². The predicted molar refractivity (Wildman–Crippen MR) is 112 cm³/mol. The van der Waals surface area contributed by atoms with E-state index in [9.17, 15) is 12.6 Å². The Bertz CT molecular complexity index is 1060. The number of rotatable bonds is 5. The number of ether oxygens (including phenoxy) is 1. The zero-order chi connectivity index (χ0) is 20.7. The highest BCUT2D eigenvalue weighted by Gasteiger charge is 2.38. The van der Waals surface area contributed by atoms with E-state index in [2.05, 4.69) is 14.4 Å². The Morgan fingerprint density at radius 2 is 1.93 bits per heavy atom. The van der Waals surface area contributed by atoms with Crippen LogP contribution in [0.25, 0.3) is 10.8 Å². The fourth-order valence-corrected chi connectivity index (χ4v) is 4.50. The van der Waals surface area contributed by atoms with Crippen molar-refractivity contribution in [3.63, 3.8) is 0 Å². The van der Waals surface area contributed by atoms with Crippen LogP contribution < -0.4 is 4.74 Å². The Kier molecular flexibility index (Phi) is 5.80. The van der Waals surface area contributed by atoms with Crippen molar-refractivity contribution < 1.29 is 17.4 Å². The third-order valence-corrected chi connectivity index (χ3v) is 7.63. The molecule has 0 saturated heterocycles. The smallest absolute Gasteiger partial charge is 0.223 e. The normalized spacial score (nSPS) is 21.6. The predicted octanol–water partition coefficient (Wildman–Crippen LogP) is 3.12. The molecule has 0 unspecified atom stereocenters. The lowest BCUT2D eigenvalue weighted by Crippen LogP contribution is -2.42. The number of nitrogens with zero attached hydrogens (tertiary/aromatic N) is 3. The van der Waals surface area contributed by atoms with E-state index in [-0.39, 0.29) is 11.4 Å². The van der Waals surface area contributed by atoms with Gasteiger partial charge in [-0.1, -0.05) is 11.6 Å². The summed E-state index contributed by atoms with van der Waals surface area (Å²) in [5, 5.41) is 1.29. The Labute approximate surface area is 172 Å². The number of hydrogen-bond donors (Lipinski definition) is 0. The maximum atomic E-state index is 12.2. The van der Waals surface area contributed by atoms with Gasteiger partial charge in [-0.15, -0.1) is 0 Å². The fraction of sp³-hybridized carbons (Fsp3) is 0.500. The molecule has 1 atom stereocenters. The molecule has 1 aliphatic rings. The molecule has 0 radical (unpaired) electrons. The lowest BCUT2D eigenvalue weighted by molar-refractivity contribution is 0.119. The zero-order valence-electron chi connectivity index (χ0n) is 16.0. The molecule has 2 aromatic rings. The Balaban J connectivity index is 1.89. The van der Waals surface area contributed by atoms with Crippen molar-refractivity contribution in [3.05, 3.63) is 29.2 Å². The average Bonchev–Trinajstić information content (AvgIpc) is 2.53. The van der Waals surface area contributed by atoms with Crippen LogP contribution in [-0.2, 0) is 20.8 Å². The summed E-state index contributed by atoms with van der Waals surface area (Å²) in [6.07, 6.45) is 6.56. The molecule has 2 aromatic heterocycles. The highest BCUT2D eigenvalue weighted by Crippen LogP contribution is 2.33. The van der Waals surface area contributed by atoms with Crippen molar-refractivity contribution in [2.24, 2.45) is 4.40 Å². The van der Waals surface area contributed by atoms with Gasteiger partial charge in [0.25, 0.3) is 0 Å². The molecule has 7 nitrogen and oxygen atoms in total. The van der Waals surface area contributed by atoms with Gasteiger partial charge in [0.05, 0.1) is 15.4 Å². The Morgan fingerprint density at radius 3 is 2.54 bits per heavy atom. The van der Waals surface area contributed by atoms with Crippen LogP contribution in [-0.4, -0.2) is 51.2 Å². The van der Waals surface area contributed by atoms with Gasteiger partial charge in [-0.25, -0.2) is 22.6 Å². The topological polar surface area (TPSA) is 98.6 Å². The summed E-state index contributed by atoms with van der Waals surface area (Å²) in [5.74, 6) is 0.366. The van der Waals surface area contributed by atoms with E-state index in [1.165, 1.54) is 12.5 Å². The van der Waals surface area contributed by atoms with E-state index >= 15 is 0 Å². The van der Waals surface area contributed by atoms with Crippen LogP contribution in [0.4, 0.5) is 0 Å². The number of hydrogen-bond acceptors (Lipinski definition) is 6. The number of fused-ring (bicyclic) bond motifs is 1. The van der Waals surface area contributed by atoms with Crippen LogP contribution in [0.1, 0.15) is 39.2 Å². The Morgan fingerprint density at radius 1 is 1.25 bits per heavy atom. The highest BCUT2D eigenvalue weighted by molar-refractivity contribution is 7.91. The van der Waals surface area contributed by atoms with Crippen molar-refractivity contribution in [2.75, 3.05) is 6.26 Å². The van der Waals surface area contributed by atoms with E-state index in [1.807, 2.05) is 20.8 Å². The lowest BCUT2D eigenvalue weighted by Gasteiger charge is -2.33. The molecule has 1 aliphatic carbocycles. The molecular weight excluding hydrogens is 422 g/mol. The minimum atomic E-state index is -3.05. The quantitative estimate of drug-likeness (QED) is 0.520. The summed E-state index contributed by atoms with van der Waals surface area (Å²) < 4.78 is 44.9. The van der Waals surface area contributed by atoms with Gasteiger partial charge < -0.3 is 4.74 Å². The van der Waals surface area contributed by atoms with Crippen molar-refractivity contribution in [1.29, 1.82) is 0 Å². The van der Waals surface area contributed by atoms with Crippen molar-refractivity contribution in [2.45, 2.75) is 49.7 Å². The Hall–Kier alpha value is -1.58. The van der Waals surface area contributed by atoms with Gasteiger partial charge in [0.15, 0.2) is 9.84 Å². The molecule has 0 aromatic carbocycles. The van der Waals surface area contributed by atoms with Gasteiger partial charge in [-0.3, -0.25) is 0 Å². The van der Waals surface area contributed by atoms with Gasteiger partial charge in [-0.05, 0) is 26.8 Å². The fourth-order valence-electron chi connectivity index (χ4n) is 2.69. The molecule has 10 heteroatoms. The molecular formula is C18H22ClN3O4S2. The lowest BCUT2D eigenvalue weighted by atomic mass is 9.95. The molecule has 1 saturated carbocycles. The summed E-state index contributed by atoms with van der Waals surface area (Å²) in [4.78, 5) is 8.43. The molecule has 0 amide bonds. The number of halogens is 1. The van der Waals surface area contributed by atoms with Gasteiger partial charge in [0, 0.05) is 48.7 Å². The van der Waals surface area contributed by atoms with Crippen molar-refractivity contribution in [1.82, 2.24) is 9.97 Å². The largest absolute Gasteiger partial charge is 0.474 e. The number of aromatic nitrogens is 2. The molecule has 3 rings (SSSR count). The highest BCUT2D eigenvalue weighted by atomic mass is 35.5. The van der Waals surface area contributed by atoms with E-state index in [0.717, 1.165) is 5.39 Å². The van der Waals surface area contributed by atoms with E-state index in [0.29, 0.717) is 34.8 Å². The zero-order valence-corrected chi connectivity index (χ0v) is 18.4. The minimum Gasteiger partial charge on any atom is -0.474 e. The average molecular weight is 444 g/mol. The van der Waals surface area contributed by atoms with Crippen molar-refractivity contribution >= 4 is 49.4 Å². The van der Waals surface area contributed by atoms with Crippen LogP contribution in [0.5, 0.6) is 5.88 Å². The molecule has 0 spiro atoms. The first-order valence-corrected chi connectivity index (χ1v) is 12.1. The second-order valence-corrected chi connectivity index (χ2v) is 12.5. The monoisotopic (exact) mass is 443 g/mol. The minimum absolute atomic E-state index is 0.209. The third kappa shape index (κ3) is 4.69. The first kappa shape index (κ1) is 21.1. The van der Waals surface area contributed by atoms with Gasteiger partial charge >= 0.3 is 0 Å². The van der Waals surface area contributed by atoms with E-state index < -0.39 is 25.6 Å². The maximum absolute atomic E-state index is 12.2. The van der Waals surface area contributed by atoms with Crippen LogP contribution in [0, 0.1) is 0 Å². The molecule has 152 valence electrons. The molecule has 2 heterocycles. The van der Waals surface area contributed by atoms with Gasteiger partial charge in [0.2, 0.25) is 5.88 Å². The van der Waals surface area contributed by atoms with Crippen LogP contribution in [0.2, 0.25) is 5.15 Å². The second-order valence-electron chi connectivity index (χ2n) is 7.83. The first-order valence-electron chi connectivity index (χ1n) is 8.71. The summed E-state index contributed by atoms with van der Waals surface area (Å²) in [7, 11) is -4.45. The first-order chi connectivity index (χ1) is 12.9. The van der Waals surface area contributed by atoms with Crippen molar-refractivity contribution in [3.8, 4) is 5.88 Å². The SMILES string of the molecule is CC(C)(C)[S@](=O)/N=C/c1cnc(OC2CC(S(C)(=O)=O)C2)c2cnc(Cl)cc12. The van der Waals surface area contributed by atoms with E-state index in [4.69, 9.17) is 16.3 Å². The van der Waals surface area contributed by atoms with Crippen LogP contribution >= 0.6 is 11.6 Å². The number of sulfone groups is 1. The number of pyridine rings is 2. The standard InChI is InChI=1S/C18H22ClN3O4S2/c1-18(2,3)27(23)22-9-11-8-21-17(15-10-20-16(19)7-14(11)15)26-12-5-13(6-12)28(4,24)25/h7-10,12-13H,5-6H2,1-4H3/b22-9+/t12?,13?,27-/m0/s1. The van der Waals surface area contributed by atoms with Crippen LogP contribution in [0.3, 0.4) is 0 Å². The molecule has 0 N–H and O–H groups in total.